The molecule has 0 spiro atoms. The quantitative estimate of drug-likeness (QED) is 0.706. The van der Waals surface area contributed by atoms with Crippen LogP contribution in [0.1, 0.15) is 34.6 Å². The van der Waals surface area contributed by atoms with Gasteiger partial charge < -0.3 is 19.7 Å². The minimum atomic E-state index is -0.919. The van der Waals surface area contributed by atoms with Crippen LogP contribution in [0.25, 0.3) is 0 Å². The number of aliphatic hydroxyl groups is 2. The van der Waals surface area contributed by atoms with Crippen molar-refractivity contribution < 1.29 is 19.7 Å². The second kappa shape index (κ2) is 4.26. The lowest BCUT2D eigenvalue weighted by Gasteiger charge is -2.50. The molecule has 1 saturated heterocycles. The van der Waals surface area contributed by atoms with E-state index in [0.29, 0.717) is 0 Å². The maximum Gasteiger partial charge on any atom is 0.114 e. The Balaban J connectivity index is 2.97. The molecule has 0 aromatic rings. The molecular weight excluding hydrogens is 208 g/mol. The Labute approximate surface area is 97.6 Å². The summed E-state index contributed by atoms with van der Waals surface area (Å²) in [7, 11) is 1.52. The first-order valence-corrected chi connectivity index (χ1v) is 5.68. The molecule has 2 N–H and O–H groups in total. The first-order valence-electron chi connectivity index (χ1n) is 5.68. The van der Waals surface area contributed by atoms with Gasteiger partial charge in [-0.05, 0) is 19.3 Å². The van der Waals surface area contributed by atoms with Gasteiger partial charge in [-0.1, -0.05) is 20.8 Å². The van der Waals surface area contributed by atoms with E-state index in [1.54, 1.807) is 0 Å². The van der Waals surface area contributed by atoms with Gasteiger partial charge in [0.05, 0.1) is 11.7 Å². The Morgan fingerprint density at radius 3 is 2.00 bits per heavy atom. The molecule has 1 fully saturated rings. The van der Waals surface area contributed by atoms with E-state index in [9.17, 15) is 10.2 Å². The molecule has 0 aromatic carbocycles. The van der Waals surface area contributed by atoms with E-state index in [0.717, 1.165) is 0 Å². The third kappa shape index (κ3) is 2.40. The highest BCUT2D eigenvalue weighted by atomic mass is 16.6. The number of hydrogen-bond donors (Lipinski definition) is 2. The van der Waals surface area contributed by atoms with Gasteiger partial charge in [0.1, 0.15) is 18.3 Å². The van der Waals surface area contributed by atoms with Crippen LogP contribution in [0.5, 0.6) is 0 Å². The zero-order valence-corrected chi connectivity index (χ0v) is 11.0. The summed E-state index contributed by atoms with van der Waals surface area (Å²) < 4.78 is 11.1. The zero-order chi connectivity index (χ0) is 12.7. The lowest BCUT2D eigenvalue weighted by Crippen LogP contribution is -2.65. The summed E-state index contributed by atoms with van der Waals surface area (Å²) in [5, 5.41) is 20.1. The van der Waals surface area contributed by atoms with Crippen LogP contribution < -0.4 is 0 Å². The Bertz CT molecular complexity index is 242. The van der Waals surface area contributed by atoms with Crippen LogP contribution in [0.2, 0.25) is 0 Å². The van der Waals surface area contributed by atoms with Gasteiger partial charge in [-0.3, -0.25) is 0 Å². The smallest absolute Gasteiger partial charge is 0.114 e. The summed E-state index contributed by atoms with van der Waals surface area (Å²) in [5.41, 5.74) is -0.832. The van der Waals surface area contributed by atoms with Crippen LogP contribution in [0.4, 0.5) is 0 Å². The largest absolute Gasteiger partial charge is 0.388 e. The summed E-state index contributed by atoms with van der Waals surface area (Å²) in [4.78, 5) is 0. The Kier molecular flexibility index (Phi) is 3.70. The fourth-order valence-electron chi connectivity index (χ4n) is 2.35. The van der Waals surface area contributed by atoms with Gasteiger partial charge in [-0.2, -0.15) is 0 Å². The molecule has 4 heteroatoms. The molecule has 0 aliphatic carbocycles. The van der Waals surface area contributed by atoms with Gasteiger partial charge >= 0.3 is 0 Å². The standard InChI is InChI=1S/C12H24O4/c1-11(2,3)9-7(13)8(14)10(15-6)12(4,5)16-9/h7-10,13-14H,1-6H3/t7?,8-,9-,10+/m1/s1. The van der Waals surface area contributed by atoms with Crippen LogP contribution in [-0.4, -0.2) is 47.3 Å². The van der Waals surface area contributed by atoms with Gasteiger partial charge in [0.15, 0.2) is 0 Å². The number of hydrogen-bond acceptors (Lipinski definition) is 4. The maximum absolute atomic E-state index is 10.1. The molecule has 0 bridgehead atoms. The molecule has 4 atom stereocenters. The highest BCUT2D eigenvalue weighted by molar-refractivity contribution is 5.01. The SMILES string of the molecule is CO[C@H]1[C@H](O)C(O)[C@H](C(C)(C)C)OC1(C)C. The molecule has 1 unspecified atom stereocenters. The molecule has 96 valence electrons. The monoisotopic (exact) mass is 232 g/mol. The molecule has 0 saturated carbocycles. The van der Waals surface area contributed by atoms with Crippen molar-refractivity contribution in [1.82, 2.24) is 0 Å². The summed E-state index contributed by atoms with van der Waals surface area (Å²) in [6.07, 6.45) is -2.75. The van der Waals surface area contributed by atoms with Crippen LogP contribution in [-0.2, 0) is 9.47 Å². The molecule has 1 rings (SSSR count). The Morgan fingerprint density at radius 2 is 1.62 bits per heavy atom. The summed E-state index contributed by atoms with van der Waals surface area (Å²) in [5.74, 6) is 0. The van der Waals surface area contributed by atoms with Crippen molar-refractivity contribution in [2.75, 3.05) is 7.11 Å². The molecule has 0 aromatic heterocycles. The summed E-state index contributed by atoms with van der Waals surface area (Å²) in [6, 6.07) is 0. The number of aliphatic hydroxyl groups excluding tert-OH is 2. The molecule has 1 aliphatic heterocycles. The van der Waals surface area contributed by atoms with E-state index in [1.807, 2.05) is 34.6 Å². The highest BCUT2D eigenvalue weighted by Gasteiger charge is 2.52. The predicted molar refractivity (Wildman–Crippen MR) is 61.2 cm³/mol. The minimum Gasteiger partial charge on any atom is -0.388 e. The fourth-order valence-corrected chi connectivity index (χ4v) is 2.35. The molecular formula is C12H24O4. The number of rotatable bonds is 1. The summed E-state index contributed by atoms with van der Waals surface area (Å²) >= 11 is 0. The molecule has 4 nitrogen and oxygen atoms in total. The van der Waals surface area contributed by atoms with Crippen molar-refractivity contribution in [2.24, 2.45) is 5.41 Å². The van der Waals surface area contributed by atoms with E-state index in [4.69, 9.17) is 9.47 Å². The minimum absolute atomic E-state index is 0.226. The Morgan fingerprint density at radius 1 is 1.12 bits per heavy atom. The number of ether oxygens (including phenoxy) is 2. The van der Waals surface area contributed by atoms with Gasteiger partial charge in [-0.15, -0.1) is 0 Å². The van der Waals surface area contributed by atoms with Gasteiger partial charge in [-0.25, -0.2) is 0 Å². The second-order valence-electron chi connectivity index (χ2n) is 6.15. The molecule has 16 heavy (non-hydrogen) atoms. The first kappa shape index (κ1) is 13.9. The van der Waals surface area contributed by atoms with E-state index in [2.05, 4.69) is 0 Å². The first-order chi connectivity index (χ1) is 7.11. The van der Waals surface area contributed by atoms with E-state index in [1.165, 1.54) is 7.11 Å². The van der Waals surface area contributed by atoms with E-state index in [-0.39, 0.29) is 5.41 Å². The lowest BCUT2D eigenvalue weighted by atomic mass is 9.77. The van der Waals surface area contributed by atoms with Crippen molar-refractivity contribution in [3.8, 4) is 0 Å². The zero-order valence-electron chi connectivity index (χ0n) is 11.0. The fraction of sp³-hybridized carbons (Fsp3) is 1.00. The topological polar surface area (TPSA) is 58.9 Å². The lowest BCUT2D eigenvalue weighted by molar-refractivity contribution is -0.281. The van der Waals surface area contributed by atoms with Gasteiger partial charge in [0, 0.05) is 7.11 Å². The maximum atomic E-state index is 10.1. The third-order valence-electron chi connectivity index (χ3n) is 3.19. The van der Waals surface area contributed by atoms with Crippen molar-refractivity contribution in [3.63, 3.8) is 0 Å². The highest BCUT2D eigenvalue weighted by Crippen LogP contribution is 2.38. The van der Waals surface area contributed by atoms with Crippen molar-refractivity contribution in [2.45, 2.75) is 64.6 Å². The second-order valence-corrected chi connectivity index (χ2v) is 6.15. The van der Waals surface area contributed by atoms with E-state index < -0.39 is 30.0 Å². The van der Waals surface area contributed by atoms with Crippen molar-refractivity contribution >= 4 is 0 Å². The van der Waals surface area contributed by atoms with Gasteiger partial charge in [0.25, 0.3) is 0 Å². The average molecular weight is 232 g/mol. The summed E-state index contributed by atoms with van der Waals surface area (Å²) in [6.45, 7) is 9.69. The van der Waals surface area contributed by atoms with Gasteiger partial charge in [0.2, 0.25) is 0 Å². The third-order valence-corrected chi connectivity index (χ3v) is 3.19. The molecule has 0 amide bonds. The Hall–Kier alpha value is -0.160. The van der Waals surface area contributed by atoms with E-state index >= 15 is 0 Å². The van der Waals surface area contributed by atoms with Crippen LogP contribution in [0.3, 0.4) is 0 Å². The van der Waals surface area contributed by atoms with Crippen LogP contribution >= 0.6 is 0 Å². The molecule has 1 heterocycles. The molecule has 0 radical (unpaired) electrons. The van der Waals surface area contributed by atoms with Crippen LogP contribution in [0.15, 0.2) is 0 Å². The van der Waals surface area contributed by atoms with Crippen LogP contribution in [0, 0.1) is 5.41 Å². The normalized spacial score (nSPS) is 39.8. The average Bonchev–Trinajstić information content (AvgIpc) is 2.10. The van der Waals surface area contributed by atoms with Crippen molar-refractivity contribution in [1.29, 1.82) is 0 Å². The predicted octanol–water partition coefficient (Wildman–Crippen LogP) is 0.947. The van der Waals surface area contributed by atoms with Crippen molar-refractivity contribution in [3.05, 3.63) is 0 Å². The number of methoxy groups -OCH3 is 1. The molecule has 1 aliphatic rings.